The molecule has 2 heteroatoms. The molecule has 0 fully saturated rings. The Kier molecular flexibility index (Phi) is 8.43. The highest BCUT2D eigenvalue weighted by Crippen LogP contribution is 2.42. The molecule has 0 N–H and O–H groups in total. The quantitative estimate of drug-likeness (QED) is 0.371. The third-order valence-electron chi connectivity index (χ3n) is 4.23. The molecule has 1 atom stereocenters. The Bertz CT molecular complexity index is 380. The maximum absolute atomic E-state index is 3.77. The van der Waals surface area contributed by atoms with Crippen LogP contribution in [0.2, 0.25) is 0 Å². The Hall–Kier alpha value is 0.180. The Balaban J connectivity index is 2.91. The van der Waals surface area contributed by atoms with Crippen LogP contribution < -0.4 is 0 Å². The third kappa shape index (κ3) is 5.18. The molecule has 0 radical (unpaired) electrons. The van der Waals surface area contributed by atoms with E-state index in [0.29, 0.717) is 0 Å². The Morgan fingerprint density at radius 3 is 1.95 bits per heavy atom. The smallest absolute Gasteiger partial charge is 0.0224 e. The SMILES string of the molecule is CCCCCCC(C)(CCCC)c1c(Br)cccc1Br. The molecule has 0 amide bonds. The molecule has 1 unspecified atom stereocenters. The van der Waals surface area contributed by atoms with E-state index in [1.54, 1.807) is 0 Å². The second-order valence-electron chi connectivity index (χ2n) is 6.07. The van der Waals surface area contributed by atoms with Gasteiger partial charge in [0.05, 0.1) is 0 Å². The van der Waals surface area contributed by atoms with Crippen LogP contribution in [0.3, 0.4) is 0 Å². The first kappa shape index (κ1) is 18.2. The van der Waals surface area contributed by atoms with Crippen LogP contribution in [0.4, 0.5) is 0 Å². The highest BCUT2D eigenvalue weighted by molar-refractivity contribution is 9.11. The summed E-state index contributed by atoms with van der Waals surface area (Å²) >= 11 is 7.54. The maximum Gasteiger partial charge on any atom is 0.0224 e. The van der Waals surface area contributed by atoms with Gasteiger partial charge in [0.15, 0.2) is 0 Å². The van der Waals surface area contributed by atoms with Crippen LogP contribution in [0.15, 0.2) is 27.1 Å². The lowest BCUT2D eigenvalue weighted by molar-refractivity contribution is 0.366. The summed E-state index contributed by atoms with van der Waals surface area (Å²) in [6, 6.07) is 6.46. The fourth-order valence-corrected chi connectivity index (χ4v) is 4.91. The van der Waals surface area contributed by atoms with Crippen LogP contribution in [0.1, 0.15) is 77.7 Å². The molecule has 0 bridgehead atoms. The van der Waals surface area contributed by atoms with Gasteiger partial charge in [-0.05, 0) is 36.0 Å². The summed E-state index contributed by atoms with van der Waals surface area (Å²) in [6.07, 6.45) is 10.5. The van der Waals surface area contributed by atoms with Crippen LogP contribution in [0, 0.1) is 0 Å². The van der Waals surface area contributed by atoms with Gasteiger partial charge in [-0.25, -0.2) is 0 Å². The van der Waals surface area contributed by atoms with Crippen LogP contribution in [-0.4, -0.2) is 0 Å². The van der Waals surface area contributed by atoms with E-state index in [1.165, 1.54) is 65.9 Å². The first-order valence-electron chi connectivity index (χ1n) is 7.99. The first-order valence-corrected chi connectivity index (χ1v) is 9.58. The van der Waals surface area contributed by atoms with E-state index in [2.05, 4.69) is 70.8 Å². The van der Waals surface area contributed by atoms with Gasteiger partial charge in [0.2, 0.25) is 0 Å². The summed E-state index contributed by atoms with van der Waals surface area (Å²) < 4.78 is 2.50. The van der Waals surface area contributed by atoms with Crippen molar-refractivity contribution in [3.8, 4) is 0 Å². The molecule has 0 aromatic heterocycles. The van der Waals surface area contributed by atoms with E-state index in [4.69, 9.17) is 0 Å². The van der Waals surface area contributed by atoms with E-state index < -0.39 is 0 Å². The van der Waals surface area contributed by atoms with Crippen molar-refractivity contribution in [3.63, 3.8) is 0 Å². The van der Waals surface area contributed by atoms with Gasteiger partial charge in [-0.15, -0.1) is 0 Å². The maximum atomic E-state index is 3.77. The minimum absolute atomic E-state index is 0.280. The van der Waals surface area contributed by atoms with Gasteiger partial charge in [0, 0.05) is 8.95 Å². The summed E-state index contributed by atoms with van der Waals surface area (Å²) in [6.45, 7) is 7.01. The van der Waals surface area contributed by atoms with Crippen molar-refractivity contribution in [2.75, 3.05) is 0 Å². The number of benzene rings is 1. The molecule has 0 saturated carbocycles. The highest BCUT2D eigenvalue weighted by atomic mass is 79.9. The predicted octanol–water partition coefficient (Wildman–Crippen LogP) is 7.63. The van der Waals surface area contributed by atoms with Crippen molar-refractivity contribution in [3.05, 3.63) is 32.7 Å². The minimum atomic E-state index is 0.280. The molecule has 0 spiro atoms. The molecule has 1 aromatic carbocycles. The predicted molar refractivity (Wildman–Crippen MR) is 97.5 cm³/mol. The van der Waals surface area contributed by atoms with Crippen molar-refractivity contribution in [2.45, 2.75) is 77.6 Å². The molecule has 1 aromatic rings. The number of halogens is 2. The number of rotatable bonds is 9. The van der Waals surface area contributed by atoms with Gasteiger partial charge in [-0.1, -0.05) is 97.2 Å². The van der Waals surface area contributed by atoms with E-state index in [1.807, 2.05) is 0 Å². The molecule has 0 nitrogen and oxygen atoms in total. The van der Waals surface area contributed by atoms with Crippen molar-refractivity contribution < 1.29 is 0 Å². The topological polar surface area (TPSA) is 0 Å². The van der Waals surface area contributed by atoms with Crippen molar-refractivity contribution in [1.82, 2.24) is 0 Å². The molecular formula is C18H28Br2. The zero-order chi connectivity index (χ0) is 15.0. The van der Waals surface area contributed by atoms with E-state index in [-0.39, 0.29) is 5.41 Å². The molecule has 20 heavy (non-hydrogen) atoms. The van der Waals surface area contributed by atoms with Crippen LogP contribution in [0.5, 0.6) is 0 Å². The monoisotopic (exact) mass is 402 g/mol. The van der Waals surface area contributed by atoms with Gasteiger partial charge in [0.25, 0.3) is 0 Å². The summed E-state index contributed by atoms with van der Waals surface area (Å²) in [4.78, 5) is 0. The van der Waals surface area contributed by atoms with Crippen LogP contribution in [0.25, 0.3) is 0 Å². The Morgan fingerprint density at radius 1 is 0.850 bits per heavy atom. The Morgan fingerprint density at radius 2 is 1.40 bits per heavy atom. The summed E-state index contributed by atoms with van der Waals surface area (Å²) in [7, 11) is 0. The lowest BCUT2D eigenvalue weighted by atomic mass is 9.74. The zero-order valence-corrected chi connectivity index (χ0v) is 16.3. The molecule has 0 heterocycles. The Labute approximate surface area is 142 Å². The van der Waals surface area contributed by atoms with Gasteiger partial charge < -0.3 is 0 Å². The van der Waals surface area contributed by atoms with E-state index in [9.17, 15) is 0 Å². The normalized spacial score (nSPS) is 14.2. The lowest BCUT2D eigenvalue weighted by Gasteiger charge is -2.32. The summed E-state index contributed by atoms with van der Waals surface area (Å²) in [5.41, 5.74) is 1.74. The average molecular weight is 404 g/mol. The third-order valence-corrected chi connectivity index (χ3v) is 5.55. The molecule has 0 aliphatic heterocycles. The molecular weight excluding hydrogens is 376 g/mol. The molecule has 114 valence electrons. The second-order valence-corrected chi connectivity index (χ2v) is 7.78. The van der Waals surface area contributed by atoms with Gasteiger partial charge >= 0.3 is 0 Å². The molecule has 0 aliphatic carbocycles. The largest absolute Gasteiger partial charge is 0.0654 e. The van der Waals surface area contributed by atoms with Crippen molar-refractivity contribution >= 4 is 31.9 Å². The van der Waals surface area contributed by atoms with E-state index in [0.717, 1.165) is 0 Å². The second kappa shape index (κ2) is 9.25. The number of hydrogen-bond donors (Lipinski definition) is 0. The van der Waals surface area contributed by atoms with Crippen molar-refractivity contribution in [2.24, 2.45) is 0 Å². The van der Waals surface area contributed by atoms with Gasteiger partial charge in [-0.3, -0.25) is 0 Å². The van der Waals surface area contributed by atoms with Gasteiger partial charge in [-0.2, -0.15) is 0 Å². The summed E-state index contributed by atoms with van der Waals surface area (Å²) in [5.74, 6) is 0. The van der Waals surface area contributed by atoms with Crippen molar-refractivity contribution in [1.29, 1.82) is 0 Å². The number of hydrogen-bond acceptors (Lipinski definition) is 0. The van der Waals surface area contributed by atoms with E-state index >= 15 is 0 Å². The van der Waals surface area contributed by atoms with Crippen LogP contribution >= 0.6 is 31.9 Å². The standard InChI is InChI=1S/C18H28Br2/c1-4-6-8-9-14-18(3,13-7-5-2)17-15(19)11-10-12-16(17)20/h10-12H,4-9,13-14H2,1-3H3. The number of unbranched alkanes of at least 4 members (excludes halogenated alkanes) is 4. The highest BCUT2D eigenvalue weighted by Gasteiger charge is 2.29. The fourth-order valence-electron chi connectivity index (χ4n) is 2.96. The molecule has 0 saturated heterocycles. The van der Waals surface area contributed by atoms with Crippen LogP contribution in [-0.2, 0) is 5.41 Å². The zero-order valence-electron chi connectivity index (χ0n) is 13.1. The first-order chi connectivity index (χ1) is 9.55. The van der Waals surface area contributed by atoms with Gasteiger partial charge in [0.1, 0.15) is 0 Å². The summed E-state index contributed by atoms with van der Waals surface area (Å²) in [5, 5.41) is 0. The average Bonchev–Trinajstić information content (AvgIpc) is 2.41. The molecule has 0 aliphatic rings. The fraction of sp³-hybridized carbons (Fsp3) is 0.667. The molecule has 1 rings (SSSR count). The minimum Gasteiger partial charge on any atom is -0.0654 e. The lowest BCUT2D eigenvalue weighted by Crippen LogP contribution is -2.23.